The van der Waals surface area contributed by atoms with E-state index in [1.807, 2.05) is 24.3 Å². The molecule has 0 unspecified atom stereocenters. The third kappa shape index (κ3) is 3.52. The zero-order valence-electron chi connectivity index (χ0n) is 9.99. The van der Waals surface area contributed by atoms with Crippen LogP contribution in [0, 0.1) is 5.82 Å². The number of hydrogen-bond donors (Lipinski definition) is 2. The lowest BCUT2D eigenvalue weighted by Gasteiger charge is -2.12. The van der Waals surface area contributed by atoms with Crippen molar-refractivity contribution in [1.29, 1.82) is 0 Å². The fourth-order valence-electron chi connectivity index (χ4n) is 1.72. The van der Waals surface area contributed by atoms with Crippen LogP contribution in [0.5, 0.6) is 0 Å². The van der Waals surface area contributed by atoms with Gasteiger partial charge in [-0.1, -0.05) is 46.3 Å². The van der Waals surface area contributed by atoms with E-state index in [1.165, 1.54) is 6.07 Å². The highest BCUT2D eigenvalue weighted by Gasteiger charge is 2.10. The average molecular weight is 339 g/mol. The summed E-state index contributed by atoms with van der Waals surface area (Å²) in [6.45, 7) is 0.576. The van der Waals surface area contributed by atoms with Gasteiger partial charge in [-0.15, -0.1) is 0 Å². The zero-order valence-corrected chi connectivity index (χ0v) is 12.4. The summed E-state index contributed by atoms with van der Waals surface area (Å²) in [6, 6.07) is 12.6. The second-order valence-corrected chi connectivity index (χ2v) is 5.36. The normalized spacial score (nSPS) is 10.2. The van der Waals surface area contributed by atoms with Crippen molar-refractivity contribution < 1.29 is 4.39 Å². The summed E-state index contributed by atoms with van der Waals surface area (Å²) in [7, 11) is 0. The number of halogens is 2. The van der Waals surface area contributed by atoms with Gasteiger partial charge < -0.3 is 11.1 Å². The van der Waals surface area contributed by atoms with Crippen LogP contribution in [0.3, 0.4) is 0 Å². The van der Waals surface area contributed by atoms with Crippen LogP contribution in [0.1, 0.15) is 11.1 Å². The molecule has 0 atom stereocenters. The van der Waals surface area contributed by atoms with Crippen molar-refractivity contribution in [2.75, 3.05) is 5.32 Å². The second-order valence-electron chi connectivity index (χ2n) is 4.01. The summed E-state index contributed by atoms with van der Waals surface area (Å²) >= 11 is 8.25. The van der Waals surface area contributed by atoms with Crippen molar-refractivity contribution in [2.24, 2.45) is 5.73 Å². The van der Waals surface area contributed by atoms with E-state index in [2.05, 4.69) is 21.2 Å². The molecule has 0 saturated heterocycles. The largest absolute Gasteiger partial charge is 0.389 e. The Hall–Kier alpha value is -1.46. The van der Waals surface area contributed by atoms with Gasteiger partial charge >= 0.3 is 0 Å². The van der Waals surface area contributed by atoms with Gasteiger partial charge in [0.25, 0.3) is 0 Å². The molecule has 2 aromatic carbocycles. The fourth-order valence-corrected chi connectivity index (χ4v) is 2.19. The maximum Gasteiger partial charge on any atom is 0.135 e. The molecule has 19 heavy (non-hydrogen) atoms. The molecule has 0 aliphatic carbocycles. The average Bonchev–Trinajstić information content (AvgIpc) is 2.37. The molecule has 5 heteroatoms. The van der Waals surface area contributed by atoms with Crippen molar-refractivity contribution in [3.63, 3.8) is 0 Å². The third-order valence-corrected chi connectivity index (χ3v) is 3.39. The summed E-state index contributed by atoms with van der Waals surface area (Å²) in [6.07, 6.45) is 0. The number of anilines is 1. The Bertz CT molecular complexity index is 599. The molecule has 2 rings (SSSR count). The van der Waals surface area contributed by atoms with E-state index >= 15 is 0 Å². The Morgan fingerprint density at radius 3 is 2.53 bits per heavy atom. The Morgan fingerprint density at radius 2 is 1.89 bits per heavy atom. The molecule has 98 valence electrons. The van der Waals surface area contributed by atoms with Gasteiger partial charge in [-0.25, -0.2) is 4.39 Å². The monoisotopic (exact) mass is 338 g/mol. The van der Waals surface area contributed by atoms with Gasteiger partial charge in [-0.3, -0.25) is 0 Å². The summed E-state index contributed by atoms with van der Waals surface area (Å²) in [4.78, 5) is 0.0522. The van der Waals surface area contributed by atoms with Crippen LogP contribution in [0.2, 0.25) is 0 Å². The fraction of sp³-hybridized carbons (Fsp3) is 0.0714. The third-order valence-electron chi connectivity index (χ3n) is 2.66. The second kappa shape index (κ2) is 6.12. The molecule has 2 nitrogen and oxygen atoms in total. The van der Waals surface area contributed by atoms with Crippen molar-refractivity contribution >= 4 is 38.8 Å². The number of rotatable bonds is 4. The molecule has 0 aromatic heterocycles. The van der Waals surface area contributed by atoms with Gasteiger partial charge in [-0.2, -0.15) is 0 Å². The lowest BCUT2D eigenvalue weighted by atomic mass is 10.1. The molecule has 0 aliphatic rings. The molecule has 0 fully saturated rings. The van der Waals surface area contributed by atoms with E-state index in [4.69, 9.17) is 18.0 Å². The molecule has 0 aliphatic heterocycles. The Labute approximate surface area is 124 Å². The molecule has 3 N–H and O–H groups in total. The Morgan fingerprint density at radius 1 is 1.21 bits per heavy atom. The standard InChI is InChI=1S/C14H12BrFN2S/c15-10-6-4-9(5-7-10)8-18-12-3-1-2-11(16)13(12)14(17)19/h1-7,18H,8H2,(H2,17,19). The topological polar surface area (TPSA) is 38.0 Å². The van der Waals surface area contributed by atoms with Gasteiger partial charge in [0.15, 0.2) is 0 Å². The van der Waals surface area contributed by atoms with Crippen LogP contribution in [0.25, 0.3) is 0 Å². The van der Waals surface area contributed by atoms with Crippen LogP contribution in [0.4, 0.5) is 10.1 Å². The minimum Gasteiger partial charge on any atom is -0.389 e. The SMILES string of the molecule is NC(=S)c1c(F)cccc1NCc1ccc(Br)cc1. The minimum atomic E-state index is -0.409. The Kier molecular flexibility index (Phi) is 4.50. The quantitative estimate of drug-likeness (QED) is 0.832. The van der Waals surface area contributed by atoms with Crippen molar-refractivity contribution in [3.05, 3.63) is 63.9 Å². The molecule has 0 spiro atoms. The maximum absolute atomic E-state index is 13.7. The summed E-state index contributed by atoms with van der Waals surface area (Å²) < 4.78 is 14.7. The van der Waals surface area contributed by atoms with E-state index in [9.17, 15) is 4.39 Å². The van der Waals surface area contributed by atoms with Gasteiger partial charge in [0.1, 0.15) is 10.8 Å². The van der Waals surface area contributed by atoms with E-state index in [0.29, 0.717) is 12.2 Å². The van der Waals surface area contributed by atoms with Crippen molar-refractivity contribution in [1.82, 2.24) is 0 Å². The Balaban J connectivity index is 2.18. The summed E-state index contributed by atoms with van der Waals surface area (Å²) in [5, 5.41) is 3.15. The molecule has 0 amide bonds. The highest BCUT2D eigenvalue weighted by Crippen LogP contribution is 2.20. The van der Waals surface area contributed by atoms with Crippen molar-refractivity contribution in [2.45, 2.75) is 6.54 Å². The minimum absolute atomic E-state index is 0.0522. The van der Waals surface area contributed by atoms with E-state index < -0.39 is 5.82 Å². The molecule has 0 saturated carbocycles. The predicted octanol–water partition coefficient (Wildman–Crippen LogP) is 3.83. The first kappa shape index (κ1) is 14.0. The zero-order chi connectivity index (χ0) is 13.8. The summed E-state index contributed by atoms with van der Waals surface area (Å²) in [5.41, 5.74) is 7.50. The van der Waals surface area contributed by atoms with Gasteiger partial charge in [0, 0.05) is 16.7 Å². The molecular formula is C14H12BrFN2S. The molecule has 0 radical (unpaired) electrons. The van der Waals surface area contributed by atoms with E-state index in [1.54, 1.807) is 12.1 Å². The smallest absolute Gasteiger partial charge is 0.135 e. The first-order chi connectivity index (χ1) is 9.08. The lowest BCUT2D eigenvalue weighted by Crippen LogP contribution is -2.15. The van der Waals surface area contributed by atoms with Crippen LogP contribution in [-0.4, -0.2) is 4.99 Å². The van der Waals surface area contributed by atoms with Gasteiger partial charge in [-0.05, 0) is 29.8 Å². The first-order valence-electron chi connectivity index (χ1n) is 5.64. The van der Waals surface area contributed by atoms with Crippen LogP contribution < -0.4 is 11.1 Å². The summed E-state index contributed by atoms with van der Waals surface area (Å²) in [5.74, 6) is -0.409. The number of nitrogens with one attached hydrogen (secondary N) is 1. The molecule has 2 aromatic rings. The van der Waals surface area contributed by atoms with Crippen LogP contribution in [-0.2, 0) is 6.54 Å². The van der Waals surface area contributed by atoms with E-state index in [0.717, 1.165) is 10.0 Å². The predicted molar refractivity (Wildman–Crippen MR) is 83.8 cm³/mol. The van der Waals surface area contributed by atoms with E-state index in [-0.39, 0.29) is 10.6 Å². The van der Waals surface area contributed by atoms with Crippen LogP contribution in [0.15, 0.2) is 46.9 Å². The number of benzene rings is 2. The maximum atomic E-state index is 13.7. The molecule has 0 heterocycles. The van der Waals surface area contributed by atoms with Gasteiger partial charge in [0.2, 0.25) is 0 Å². The molecule has 0 bridgehead atoms. The highest BCUT2D eigenvalue weighted by atomic mass is 79.9. The highest BCUT2D eigenvalue weighted by molar-refractivity contribution is 9.10. The number of thiocarbonyl (C=S) groups is 1. The first-order valence-corrected chi connectivity index (χ1v) is 6.84. The molecular weight excluding hydrogens is 327 g/mol. The van der Waals surface area contributed by atoms with Gasteiger partial charge in [0.05, 0.1) is 5.56 Å². The van der Waals surface area contributed by atoms with Crippen LogP contribution >= 0.6 is 28.1 Å². The lowest BCUT2D eigenvalue weighted by molar-refractivity contribution is 0.626. The van der Waals surface area contributed by atoms with Crippen molar-refractivity contribution in [3.8, 4) is 0 Å². The number of hydrogen-bond acceptors (Lipinski definition) is 2. The number of nitrogens with two attached hydrogens (primary N) is 1.